The minimum atomic E-state index is 0.503. The van der Waals surface area contributed by atoms with Gasteiger partial charge in [-0.2, -0.15) is 17.0 Å². The number of pyridine rings is 1. The molecular formula is C12H15N3S. The van der Waals surface area contributed by atoms with Crippen molar-refractivity contribution in [2.24, 2.45) is 0 Å². The lowest BCUT2D eigenvalue weighted by molar-refractivity contribution is 0.719. The zero-order valence-corrected chi connectivity index (χ0v) is 10.2. The molecule has 1 saturated heterocycles. The SMILES string of the molecule is CCC1CN(c2cccc(C#N)n2)CCS1. The molecule has 1 unspecified atom stereocenters. The van der Waals surface area contributed by atoms with E-state index < -0.39 is 0 Å². The van der Waals surface area contributed by atoms with Crippen LogP contribution in [0.1, 0.15) is 19.0 Å². The van der Waals surface area contributed by atoms with Gasteiger partial charge in [0.25, 0.3) is 0 Å². The standard InChI is InChI=1S/C12H15N3S/c1-2-11-9-15(6-7-16-11)12-5-3-4-10(8-13)14-12/h3-5,11H,2,6-7,9H2,1H3. The number of rotatable bonds is 2. The molecule has 0 bridgehead atoms. The average molecular weight is 233 g/mol. The molecule has 1 atom stereocenters. The molecule has 1 aromatic rings. The van der Waals surface area contributed by atoms with Crippen molar-refractivity contribution >= 4 is 17.6 Å². The molecule has 2 heterocycles. The van der Waals surface area contributed by atoms with Crippen LogP contribution >= 0.6 is 11.8 Å². The van der Waals surface area contributed by atoms with Crippen LogP contribution in [0.5, 0.6) is 0 Å². The Bertz CT molecular complexity index is 399. The molecule has 84 valence electrons. The highest BCUT2D eigenvalue weighted by Gasteiger charge is 2.19. The van der Waals surface area contributed by atoms with Crippen LogP contribution in [0, 0.1) is 11.3 Å². The lowest BCUT2D eigenvalue weighted by Crippen LogP contribution is -2.38. The third-order valence-corrected chi connectivity index (χ3v) is 4.14. The minimum absolute atomic E-state index is 0.503. The maximum Gasteiger partial charge on any atom is 0.142 e. The van der Waals surface area contributed by atoms with Gasteiger partial charge >= 0.3 is 0 Å². The van der Waals surface area contributed by atoms with E-state index in [0.717, 1.165) is 24.7 Å². The maximum absolute atomic E-state index is 8.82. The Hall–Kier alpha value is -1.21. The fraction of sp³-hybridized carbons (Fsp3) is 0.500. The third kappa shape index (κ3) is 2.48. The lowest BCUT2D eigenvalue weighted by atomic mass is 10.3. The van der Waals surface area contributed by atoms with Crippen LogP contribution < -0.4 is 4.90 Å². The summed E-state index contributed by atoms with van der Waals surface area (Å²) in [7, 11) is 0. The van der Waals surface area contributed by atoms with Gasteiger partial charge in [-0.05, 0) is 18.6 Å². The van der Waals surface area contributed by atoms with Gasteiger partial charge in [-0.1, -0.05) is 13.0 Å². The summed E-state index contributed by atoms with van der Waals surface area (Å²) in [6.45, 7) is 4.30. The summed E-state index contributed by atoms with van der Waals surface area (Å²) >= 11 is 2.04. The molecule has 16 heavy (non-hydrogen) atoms. The van der Waals surface area contributed by atoms with Crippen molar-refractivity contribution in [3.05, 3.63) is 23.9 Å². The molecule has 0 radical (unpaired) electrons. The van der Waals surface area contributed by atoms with Gasteiger partial charge in [-0.15, -0.1) is 0 Å². The largest absolute Gasteiger partial charge is 0.355 e. The van der Waals surface area contributed by atoms with E-state index in [1.807, 2.05) is 23.9 Å². The summed E-state index contributed by atoms with van der Waals surface area (Å²) < 4.78 is 0. The molecule has 0 amide bonds. The highest BCUT2D eigenvalue weighted by Crippen LogP contribution is 2.24. The van der Waals surface area contributed by atoms with Crippen molar-refractivity contribution in [1.82, 2.24) is 4.98 Å². The molecular weight excluding hydrogens is 218 g/mol. The van der Waals surface area contributed by atoms with Gasteiger partial charge in [0.15, 0.2) is 0 Å². The molecule has 1 aliphatic heterocycles. The van der Waals surface area contributed by atoms with Crippen LogP contribution in [0.2, 0.25) is 0 Å². The van der Waals surface area contributed by atoms with Crippen LogP contribution in [-0.2, 0) is 0 Å². The Morgan fingerprint density at radius 1 is 1.62 bits per heavy atom. The van der Waals surface area contributed by atoms with Crippen molar-refractivity contribution in [3.8, 4) is 6.07 Å². The molecule has 0 N–H and O–H groups in total. The Labute approximate surface area is 100 Å². The van der Waals surface area contributed by atoms with Crippen molar-refractivity contribution in [3.63, 3.8) is 0 Å². The van der Waals surface area contributed by atoms with Crippen molar-refractivity contribution in [2.45, 2.75) is 18.6 Å². The van der Waals surface area contributed by atoms with Gasteiger partial charge < -0.3 is 4.90 Å². The monoisotopic (exact) mass is 233 g/mol. The van der Waals surface area contributed by atoms with Crippen LogP contribution in [0.15, 0.2) is 18.2 Å². The number of anilines is 1. The number of hydrogen-bond donors (Lipinski definition) is 0. The molecule has 3 nitrogen and oxygen atoms in total. The second-order valence-electron chi connectivity index (χ2n) is 3.84. The molecule has 0 aliphatic carbocycles. The van der Waals surface area contributed by atoms with Crippen molar-refractivity contribution in [2.75, 3.05) is 23.7 Å². The second kappa shape index (κ2) is 5.22. The number of aromatic nitrogens is 1. The minimum Gasteiger partial charge on any atom is -0.355 e. The van der Waals surface area contributed by atoms with Gasteiger partial charge in [0.05, 0.1) is 0 Å². The molecule has 1 aliphatic rings. The molecule has 1 fully saturated rings. The van der Waals surface area contributed by atoms with Gasteiger partial charge in [0.2, 0.25) is 0 Å². The summed E-state index contributed by atoms with van der Waals surface area (Å²) in [6.07, 6.45) is 1.19. The van der Waals surface area contributed by atoms with E-state index >= 15 is 0 Å². The molecule has 2 rings (SSSR count). The van der Waals surface area contributed by atoms with E-state index in [0.29, 0.717) is 10.9 Å². The van der Waals surface area contributed by atoms with Crippen molar-refractivity contribution in [1.29, 1.82) is 5.26 Å². The van der Waals surface area contributed by atoms with Gasteiger partial charge in [0.1, 0.15) is 17.6 Å². The summed E-state index contributed by atoms with van der Waals surface area (Å²) in [5.74, 6) is 2.09. The maximum atomic E-state index is 8.82. The lowest BCUT2D eigenvalue weighted by Gasteiger charge is -2.32. The Balaban J connectivity index is 2.14. The van der Waals surface area contributed by atoms with Gasteiger partial charge in [-0.25, -0.2) is 4.98 Å². The van der Waals surface area contributed by atoms with Crippen LogP contribution in [0.3, 0.4) is 0 Å². The molecule has 0 spiro atoms. The van der Waals surface area contributed by atoms with Gasteiger partial charge in [-0.3, -0.25) is 0 Å². The number of thioether (sulfide) groups is 1. The first-order chi connectivity index (χ1) is 7.83. The predicted octanol–water partition coefficient (Wildman–Crippen LogP) is 2.29. The fourth-order valence-electron chi connectivity index (χ4n) is 1.84. The van der Waals surface area contributed by atoms with Crippen LogP contribution in [-0.4, -0.2) is 29.1 Å². The van der Waals surface area contributed by atoms with E-state index in [1.54, 1.807) is 6.07 Å². The Kier molecular flexibility index (Phi) is 3.68. The summed E-state index contributed by atoms with van der Waals surface area (Å²) in [5, 5.41) is 9.52. The average Bonchev–Trinajstić information content (AvgIpc) is 2.39. The molecule has 4 heteroatoms. The van der Waals surface area contributed by atoms with Crippen LogP contribution in [0.4, 0.5) is 5.82 Å². The fourth-order valence-corrected chi connectivity index (χ4v) is 3.02. The number of hydrogen-bond acceptors (Lipinski definition) is 4. The van der Waals surface area contributed by atoms with E-state index in [-0.39, 0.29) is 0 Å². The summed E-state index contributed by atoms with van der Waals surface area (Å²) in [5.41, 5.74) is 0.503. The highest BCUT2D eigenvalue weighted by molar-refractivity contribution is 8.00. The topological polar surface area (TPSA) is 39.9 Å². The normalized spacial score (nSPS) is 20.5. The first kappa shape index (κ1) is 11.3. The second-order valence-corrected chi connectivity index (χ2v) is 5.25. The van der Waals surface area contributed by atoms with Gasteiger partial charge in [0, 0.05) is 24.1 Å². The van der Waals surface area contributed by atoms with E-state index in [9.17, 15) is 0 Å². The summed E-state index contributed by atoms with van der Waals surface area (Å²) in [4.78, 5) is 6.62. The molecule has 0 aromatic carbocycles. The zero-order valence-electron chi connectivity index (χ0n) is 9.39. The van der Waals surface area contributed by atoms with Crippen LogP contribution in [0.25, 0.3) is 0 Å². The third-order valence-electron chi connectivity index (χ3n) is 2.77. The zero-order chi connectivity index (χ0) is 11.4. The molecule has 0 saturated carbocycles. The van der Waals surface area contributed by atoms with E-state index in [1.165, 1.54) is 6.42 Å². The summed E-state index contributed by atoms with van der Waals surface area (Å²) in [6, 6.07) is 7.73. The Morgan fingerprint density at radius 3 is 3.25 bits per heavy atom. The number of nitriles is 1. The van der Waals surface area contributed by atoms with E-state index in [4.69, 9.17) is 5.26 Å². The first-order valence-electron chi connectivity index (χ1n) is 5.57. The number of nitrogens with zero attached hydrogens (tertiary/aromatic N) is 3. The highest BCUT2D eigenvalue weighted by atomic mass is 32.2. The van der Waals surface area contributed by atoms with E-state index in [2.05, 4.69) is 22.9 Å². The molecule has 1 aromatic heterocycles. The quantitative estimate of drug-likeness (QED) is 0.785. The first-order valence-corrected chi connectivity index (χ1v) is 6.62. The van der Waals surface area contributed by atoms with Crippen molar-refractivity contribution < 1.29 is 0 Å². The smallest absolute Gasteiger partial charge is 0.142 e. The predicted molar refractivity (Wildman–Crippen MR) is 67.7 cm³/mol. The Morgan fingerprint density at radius 2 is 2.50 bits per heavy atom.